The minimum absolute atomic E-state index is 0.262. The van der Waals surface area contributed by atoms with E-state index in [0.717, 1.165) is 27.8 Å². The van der Waals surface area contributed by atoms with Gasteiger partial charge in [0.1, 0.15) is 36.6 Å². The molecule has 0 radical (unpaired) electrons. The zero-order valence-corrected chi connectivity index (χ0v) is 31.2. The quantitative estimate of drug-likeness (QED) is 0.0798. The van der Waals surface area contributed by atoms with Gasteiger partial charge in [-0.05, 0) is 27.8 Å². The van der Waals surface area contributed by atoms with Crippen LogP contribution >= 0.6 is 0 Å². The highest BCUT2D eigenvalue weighted by Gasteiger charge is 2.53. The number of methoxy groups -OCH3 is 1. The Bertz CT molecular complexity index is 1780. The average Bonchev–Trinajstić information content (AvgIpc) is 3.75. The van der Waals surface area contributed by atoms with E-state index >= 15 is 0 Å². The first-order chi connectivity index (χ1) is 27.2. The van der Waals surface area contributed by atoms with Gasteiger partial charge >= 0.3 is 0 Å². The summed E-state index contributed by atoms with van der Waals surface area (Å²) in [7, 11) is 1.60. The second-order valence-electron chi connectivity index (χ2n) is 13.7. The molecule has 8 atom stereocenters. The summed E-state index contributed by atoms with van der Waals surface area (Å²) < 4.78 is 58.5. The predicted molar refractivity (Wildman–Crippen MR) is 206 cm³/mol. The summed E-state index contributed by atoms with van der Waals surface area (Å²) in [6, 6.07) is 50.3. The SMILES string of the molecule is CO[C@H]1O[C@H](COCc2ccccc2)[C@@H](OCc2ccccc2)[C@H]1O[C@H]1O[C@H](COCc2ccccc2)[C@@H](OCc2ccccc2)[C@H]1OCc1ccccc1. The minimum Gasteiger partial charge on any atom is -0.374 e. The lowest BCUT2D eigenvalue weighted by atomic mass is 10.1. The molecule has 0 amide bonds. The van der Waals surface area contributed by atoms with E-state index in [0.29, 0.717) is 33.0 Å². The lowest BCUT2D eigenvalue weighted by Crippen LogP contribution is -2.45. The fourth-order valence-electron chi connectivity index (χ4n) is 6.86. The maximum atomic E-state index is 6.94. The summed E-state index contributed by atoms with van der Waals surface area (Å²) in [4.78, 5) is 0. The molecule has 7 rings (SSSR count). The molecule has 2 fully saturated rings. The van der Waals surface area contributed by atoms with Crippen molar-refractivity contribution in [2.45, 2.75) is 82.2 Å². The molecule has 9 heteroatoms. The monoisotopic (exact) mass is 746 g/mol. The van der Waals surface area contributed by atoms with Gasteiger partial charge in [-0.1, -0.05) is 152 Å². The van der Waals surface area contributed by atoms with Crippen molar-refractivity contribution in [1.82, 2.24) is 0 Å². The van der Waals surface area contributed by atoms with Crippen molar-refractivity contribution in [3.05, 3.63) is 179 Å². The first-order valence-corrected chi connectivity index (χ1v) is 18.9. The second-order valence-corrected chi connectivity index (χ2v) is 13.7. The molecule has 0 spiro atoms. The topological polar surface area (TPSA) is 83.1 Å². The molecule has 0 bridgehead atoms. The third-order valence-electron chi connectivity index (χ3n) is 9.70. The fraction of sp³-hybridized carbons (Fsp3) is 0.348. The van der Waals surface area contributed by atoms with Crippen LogP contribution < -0.4 is 0 Å². The highest BCUT2D eigenvalue weighted by molar-refractivity contribution is 5.17. The summed E-state index contributed by atoms with van der Waals surface area (Å²) in [5, 5.41) is 0. The van der Waals surface area contributed by atoms with Crippen LogP contribution in [0.15, 0.2) is 152 Å². The lowest BCUT2D eigenvalue weighted by Gasteiger charge is -2.30. The Morgan fingerprint density at radius 2 is 0.709 bits per heavy atom. The Labute approximate surface area is 324 Å². The Hall–Kier alpha value is -4.26. The van der Waals surface area contributed by atoms with E-state index in [1.165, 1.54) is 0 Å². The molecule has 5 aromatic rings. The second kappa shape index (κ2) is 20.6. The van der Waals surface area contributed by atoms with Gasteiger partial charge in [-0.25, -0.2) is 0 Å². The largest absolute Gasteiger partial charge is 0.374 e. The van der Waals surface area contributed by atoms with Crippen LogP contribution in [-0.4, -0.2) is 69.5 Å². The molecule has 5 aromatic carbocycles. The summed E-state index contributed by atoms with van der Waals surface area (Å²) >= 11 is 0. The van der Waals surface area contributed by atoms with Crippen LogP contribution in [0.1, 0.15) is 27.8 Å². The Balaban J connectivity index is 1.13. The van der Waals surface area contributed by atoms with Crippen molar-refractivity contribution in [2.75, 3.05) is 20.3 Å². The van der Waals surface area contributed by atoms with Gasteiger partial charge in [0.2, 0.25) is 0 Å². The van der Waals surface area contributed by atoms with Gasteiger partial charge in [0, 0.05) is 7.11 Å². The number of ether oxygens (including phenoxy) is 9. The van der Waals surface area contributed by atoms with Crippen LogP contribution in [0, 0.1) is 0 Å². The third kappa shape index (κ3) is 11.2. The van der Waals surface area contributed by atoms with Crippen LogP contribution in [0.4, 0.5) is 0 Å². The van der Waals surface area contributed by atoms with Gasteiger partial charge in [0.05, 0.1) is 46.2 Å². The standard InChI is InChI=1S/C46H50O9/c1-47-45-44(42(51-30-37-23-13-5-14-24-37)40(53-45)33-49-28-35-19-9-3-10-20-35)55-46-43(52-31-38-25-15-6-16-26-38)41(50-29-36-21-11-4-12-22-36)39(54-46)32-48-27-34-17-7-2-8-18-34/h2-26,39-46H,27-33H2,1H3/t39-,40-,41-,42-,43-,44-,45+,46-/m1/s1. The minimum atomic E-state index is -0.868. The van der Waals surface area contributed by atoms with Gasteiger partial charge in [-0.15, -0.1) is 0 Å². The molecule has 9 nitrogen and oxygen atoms in total. The molecule has 2 aliphatic rings. The molecule has 0 N–H and O–H groups in total. The normalized spacial score (nSPS) is 25.0. The van der Waals surface area contributed by atoms with Crippen molar-refractivity contribution >= 4 is 0 Å². The number of hydrogen-bond donors (Lipinski definition) is 0. The first kappa shape index (κ1) is 39.0. The van der Waals surface area contributed by atoms with Gasteiger partial charge < -0.3 is 42.6 Å². The van der Waals surface area contributed by atoms with Gasteiger partial charge in [0.15, 0.2) is 12.6 Å². The zero-order chi connectivity index (χ0) is 37.5. The van der Waals surface area contributed by atoms with Crippen LogP contribution in [-0.2, 0) is 75.7 Å². The molecular formula is C46H50O9. The molecule has 2 heterocycles. The Kier molecular flexibility index (Phi) is 14.6. The highest BCUT2D eigenvalue weighted by atomic mass is 16.8. The Morgan fingerprint density at radius 1 is 0.382 bits per heavy atom. The van der Waals surface area contributed by atoms with E-state index in [1.807, 2.05) is 152 Å². The van der Waals surface area contributed by atoms with Crippen molar-refractivity contribution in [2.24, 2.45) is 0 Å². The maximum Gasteiger partial charge on any atom is 0.187 e. The van der Waals surface area contributed by atoms with Crippen molar-refractivity contribution in [1.29, 1.82) is 0 Å². The van der Waals surface area contributed by atoms with E-state index in [2.05, 4.69) is 0 Å². The van der Waals surface area contributed by atoms with Gasteiger partial charge in [0.25, 0.3) is 0 Å². The van der Waals surface area contributed by atoms with Crippen molar-refractivity contribution in [3.63, 3.8) is 0 Å². The number of rotatable bonds is 20. The number of benzene rings is 5. The molecule has 2 aliphatic heterocycles. The summed E-state index contributed by atoms with van der Waals surface area (Å²) in [5.41, 5.74) is 5.21. The van der Waals surface area contributed by atoms with E-state index < -0.39 is 49.2 Å². The summed E-state index contributed by atoms with van der Waals surface area (Å²) in [5.74, 6) is 0. The molecule has 0 aromatic heterocycles. The van der Waals surface area contributed by atoms with E-state index in [9.17, 15) is 0 Å². The smallest absolute Gasteiger partial charge is 0.187 e. The summed E-state index contributed by atoms with van der Waals surface area (Å²) in [6.45, 7) is 2.43. The van der Waals surface area contributed by atoms with Crippen LogP contribution in [0.3, 0.4) is 0 Å². The molecule has 55 heavy (non-hydrogen) atoms. The average molecular weight is 747 g/mol. The first-order valence-electron chi connectivity index (χ1n) is 18.9. The lowest BCUT2D eigenvalue weighted by molar-refractivity contribution is -0.251. The van der Waals surface area contributed by atoms with Crippen LogP contribution in [0.5, 0.6) is 0 Å². The van der Waals surface area contributed by atoms with Crippen molar-refractivity contribution < 1.29 is 42.6 Å². The van der Waals surface area contributed by atoms with Crippen molar-refractivity contribution in [3.8, 4) is 0 Å². The maximum absolute atomic E-state index is 6.94. The summed E-state index contributed by atoms with van der Waals surface area (Å²) in [6.07, 6.45) is -5.02. The number of hydrogen-bond acceptors (Lipinski definition) is 9. The third-order valence-corrected chi connectivity index (χ3v) is 9.70. The highest BCUT2D eigenvalue weighted by Crippen LogP contribution is 2.35. The van der Waals surface area contributed by atoms with E-state index in [-0.39, 0.29) is 13.2 Å². The molecule has 288 valence electrons. The van der Waals surface area contributed by atoms with Crippen LogP contribution in [0.2, 0.25) is 0 Å². The van der Waals surface area contributed by atoms with Gasteiger partial charge in [-0.2, -0.15) is 0 Å². The Morgan fingerprint density at radius 3 is 1.09 bits per heavy atom. The van der Waals surface area contributed by atoms with E-state index in [4.69, 9.17) is 42.6 Å². The molecule has 0 aliphatic carbocycles. The zero-order valence-electron chi connectivity index (χ0n) is 31.2. The molecule has 0 saturated carbocycles. The van der Waals surface area contributed by atoms with E-state index in [1.54, 1.807) is 7.11 Å². The predicted octanol–water partition coefficient (Wildman–Crippen LogP) is 7.66. The van der Waals surface area contributed by atoms with Crippen LogP contribution in [0.25, 0.3) is 0 Å². The fourth-order valence-corrected chi connectivity index (χ4v) is 6.86. The molecule has 0 unspecified atom stereocenters. The molecular weight excluding hydrogens is 696 g/mol. The molecule has 2 saturated heterocycles. The van der Waals surface area contributed by atoms with Gasteiger partial charge in [-0.3, -0.25) is 0 Å².